The number of ketones is 1. The molecule has 9 heteroatoms. The highest BCUT2D eigenvalue weighted by Gasteiger charge is 2.18. The average molecular weight is 336 g/mol. The maximum absolute atomic E-state index is 12.2. The Morgan fingerprint density at radius 2 is 2.36 bits per heavy atom. The van der Waals surface area contributed by atoms with E-state index in [9.17, 15) is 9.59 Å². The number of nitrogens with zero attached hydrogens (tertiary/aromatic N) is 2. The summed E-state index contributed by atoms with van der Waals surface area (Å²) < 4.78 is 5.99. The van der Waals surface area contributed by atoms with Gasteiger partial charge in [0.15, 0.2) is 16.7 Å². The van der Waals surface area contributed by atoms with Crippen LogP contribution in [0.15, 0.2) is 22.5 Å². The highest BCUT2D eigenvalue weighted by atomic mass is 32.2. The Bertz CT molecular complexity index is 732. The molecule has 7 nitrogen and oxygen atoms in total. The molecule has 1 amide bonds. The van der Waals surface area contributed by atoms with Crippen LogP contribution in [0.3, 0.4) is 0 Å². The summed E-state index contributed by atoms with van der Waals surface area (Å²) in [5.74, 6) is 0.562. The van der Waals surface area contributed by atoms with Crippen LogP contribution >= 0.6 is 23.1 Å². The van der Waals surface area contributed by atoms with Gasteiger partial charge in [0.2, 0.25) is 5.13 Å². The van der Waals surface area contributed by atoms with E-state index in [0.717, 1.165) is 4.34 Å². The van der Waals surface area contributed by atoms with Crippen molar-refractivity contribution >= 4 is 45.6 Å². The topological polar surface area (TPSA) is 93.2 Å². The van der Waals surface area contributed by atoms with Gasteiger partial charge in [0.1, 0.15) is 5.75 Å². The number of hydrogen-bond donors (Lipinski definition) is 2. The van der Waals surface area contributed by atoms with Gasteiger partial charge in [-0.2, -0.15) is 0 Å². The van der Waals surface area contributed by atoms with Crippen LogP contribution in [-0.2, 0) is 4.79 Å². The lowest BCUT2D eigenvalue weighted by molar-refractivity contribution is -0.118. The molecule has 0 saturated heterocycles. The van der Waals surface area contributed by atoms with Gasteiger partial charge in [-0.25, -0.2) is 0 Å². The van der Waals surface area contributed by atoms with E-state index in [-0.39, 0.29) is 24.1 Å². The van der Waals surface area contributed by atoms with Crippen LogP contribution in [-0.4, -0.2) is 41.3 Å². The van der Waals surface area contributed by atoms with Crippen molar-refractivity contribution in [3.05, 3.63) is 23.8 Å². The van der Waals surface area contributed by atoms with E-state index in [1.807, 2.05) is 0 Å². The van der Waals surface area contributed by atoms with Gasteiger partial charge in [0.05, 0.1) is 11.4 Å². The fraction of sp³-hybridized carbons (Fsp3) is 0.231. The number of Topliss-reactive ketones (excluding diaryl/α,β-unsaturated/α-hetero) is 1. The monoisotopic (exact) mass is 336 g/mol. The molecular formula is C13H12N4O3S2. The molecule has 0 aliphatic carbocycles. The summed E-state index contributed by atoms with van der Waals surface area (Å²) in [6.45, 7) is 0.000982. The zero-order valence-corrected chi connectivity index (χ0v) is 13.2. The first kappa shape index (κ1) is 14.8. The molecule has 2 heterocycles. The first-order valence-corrected chi connectivity index (χ1v) is 8.20. The second-order valence-electron chi connectivity index (χ2n) is 4.38. The summed E-state index contributed by atoms with van der Waals surface area (Å²) in [6.07, 6.45) is 0. The third-order valence-corrected chi connectivity index (χ3v) is 4.96. The van der Waals surface area contributed by atoms with Gasteiger partial charge in [-0.1, -0.05) is 23.1 Å². The largest absolute Gasteiger partial charge is 0.482 e. The molecule has 0 bridgehead atoms. The first-order valence-electron chi connectivity index (χ1n) is 6.39. The van der Waals surface area contributed by atoms with Gasteiger partial charge >= 0.3 is 0 Å². The maximum Gasteiger partial charge on any atom is 0.262 e. The molecule has 0 radical (unpaired) electrons. The van der Waals surface area contributed by atoms with Crippen molar-refractivity contribution in [2.75, 3.05) is 30.0 Å². The molecule has 22 heavy (non-hydrogen) atoms. The molecule has 0 spiro atoms. The highest BCUT2D eigenvalue weighted by Crippen LogP contribution is 2.30. The summed E-state index contributed by atoms with van der Waals surface area (Å²) in [7, 11) is 1.77. The van der Waals surface area contributed by atoms with Crippen molar-refractivity contribution in [1.82, 2.24) is 10.2 Å². The van der Waals surface area contributed by atoms with Gasteiger partial charge in [-0.15, -0.1) is 10.2 Å². The summed E-state index contributed by atoms with van der Waals surface area (Å²) in [5, 5.41) is 14.2. The lowest BCUT2D eigenvalue weighted by Crippen LogP contribution is -2.25. The van der Waals surface area contributed by atoms with E-state index in [2.05, 4.69) is 20.8 Å². The Morgan fingerprint density at radius 3 is 3.14 bits per heavy atom. The van der Waals surface area contributed by atoms with Crippen molar-refractivity contribution in [2.45, 2.75) is 4.34 Å². The SMILES string of the molecule is CNc1nnc(SCC(=O)c2ccc3c(c2)NC(=O)CO3)s1. The number of benzene rings is 1. The highest BCUT2D eigenvalue weighted by molar-refractivity contribution is 8.01. The molecule has 2 aromatic rings. The fourth-order valence-electron chi connectivity index (χ4n) is 1.84. The third-order valence-electron chi connectivity index (χ3n) is 2.88. The second-order valence-corrected chi connectivity index (χ2v) is 6.58. The number of aromatic nitrogens is 2. The quantitative estimate of drug-likeness (QED) is 0.636. The number of carbonyl (C=O) groups is 2. The summed E-state index contributed by atoms with van der Waals surface area (Å²) in [5.41, 5.74) is 1.05. The lowest BCUT2D eigenvalue weighted by Gasteiger charge is -2.18. The van der Waals surface area contributed by atoms with Crippen LogP contribution in [0.2, 0.25) is 0 Å². The molecule has 1 aromatic carbocycles. The van der Waals surface area contributed by atoms with E-state index >= 15 is 0 Å². The van der Waals surface area contributed by atoms with Gasteiger partial charge in [0.25, 0.3) is 5.91 Å². The Balaban J connectivity index is 1.67. The Labute approximate surface area is 134 Å². The fourth-order valence-corrected chi connectivity index (χ4v) is 3.44. The van der Waals surface area contributed by atoms with Gasteiger partial charge < -0.3 is 15.4 Å². The predicted molar refractivity (Wildman–Crippen MR) is 85.1 cm³/mol. The number of rotatable bonds is 5. The minimum absolute atomic E-state index is 0.000982. The number of amides is 1. The van der Waals surface area contributed by atoms with E-state index < -0.39 is 0 Å². The number of carbonyl (C=O) groups excluding carboxylic acids is 2. The van der Waals surface area contributed by atoms with Crippen LogP contribution in [0, 0.1) is 0 Å². The summed E-state index contributed by atoms with van der Waals surface area (Å²) in [6, 6.07) is 5.02. The normalized spacial score (nSPS) is 13.0. The predicted octanol–water partition coefficient (Wildman–Crippen LogP) is 1.89. The molecule has 2 N–H and O–H groups in total. The zero-order valence-electron chi connectivity index (χ0n) is 11.6. The van der Waals surface area contributed by atoms with E-state index in [0.29, 0.717) is 22.1 Å². The minimum atomic E-state index is -0.222. The molecule has 0 atom stereocenters. The standard InChI is InChI=1S/C13H12N4O3S2/c1-14-12-16-17-13(22-12)21-6-9(18)7-2-3-10-8(4-7)15-11(19)5-20-10/h2-4H,5-6H2,1H3,(H,14,16)(H,15,19). The maximum atomic E-state index is 12.2. The van der Waals surface area contributed by atoms with Gasteiger partial charge in [0, 0.05) is 12.6 Å². The van der Waals surface area contributed by atoms with Crippen molar-refractivity contribution < 1.29 is 14.3 Å². The number of nitrogens with one attached hydrogen (secondary N) is 2. The van der Waals surface area contributed by atoms with Crippen molar-refractivity contribution in [1.29, 1.82) is 0 Å². The van der Waals surface area contributed by atoms with Crippen LogP contribution in [0.25, 0.3) is 0 Å². The molecule has 1 aliphatic heterocycles. The summed E-state index contributed by atoms with van der Waals surface area (Å²) in [4.78, 5) is 23.5. The number of ether oxygens (including phenoxy) is 1. The minimum Gasteiger partial charge on any atom is -0.482 e. The lowest BCUT2D eigenvalue weighted by atomic mass is 10.1. The van der Waals surface area contributed by atoms with Crippen molar-refractivity contribution in [3.8, 4) is 5.75 Å². The third kappa shape index (κ3) is 3.20. The average Bonchev–Trinajstić information content (AvgIpc) is 3.00. The molecule has 1 aromatic heterocycles. The van der Waals surface area contributed by atoms with Crippen molar-refractivity contribution in [3.63, 3.8) is 0 Å². The molecular weight excluding hydrogens is 324 g/mol. The Kier molecular flexibility index (Phi) is 4.25. The Hall–Kier alpha value is -2.13. The molecule has 3 rings (SSSR count). The molecule has 0 fully saturated rings. The van der Waals surface area contributed by atoms with E-state index in [1.165, 1.54) is 23.1 Å². The van der Waals surface area contributed by atoms with Crippen molar-refractivity contribution in [2.24, 2.45) is 0 Å². The van der Waals surface area contributed by atoms with Gasteiger partial charge in [-0.3, -0.25) is 9.59 Å². The van der Waals surface area contributed by atoms with Crippen LogP contribution < -0.4 is 15.4 Å². The molecule has 0 unspecified atom stereocenters. The Morgan fingerprint density at radius 1 is 1.50 bits per heavy atom. The smallest absolute Gasteiger partial charge is 0.262 e. The number of fused-ring (bicyclic) bond motifs is 1. The van der Waals surface area contributed by atoms with Crippen LogP contribution in [0.1, 0.15) is 10.4 Å². The van der Waals surface area contributed by atoms with Crippen LogP contribution in [0.4, 0.5) is 10.8 Å². The first-order chi connectivity index (χ1) is 10.7. The molecule has 1 aliphatic rings. The van der Waals surface area contributed by atoms with E-state index in [1.54, 1.807) is 25.2 Å². The van der Waals surface area contributed by atoms with Crippen LogP contribution in [0.5, 0.6) is 5.75 Å². The number of hydrogen-bond acceptors (Lipinski definition) is 8. The summed E-state index contributed by atoms with van der Waals surface area (Å²) >= 11 is 2.73. The van der Waals surface area contributed by atoms with Gasteiger partial charge in [-0.05, 0) is 18.2 Å². The second kappa shape index (κ2) is 6.32. The number of anilines is 2. The number of thioether (sulfide) groups is 1. The molecule has 0 saturated carbocycles. The van der Waals surface area contributed by atoms with E-state index in [4.69, 9.17) is 4.74 Å². The molecule has 114 valence electrons. The zero-order chi connectivity index (χ0) is 15.5.